The zero-order valence-electron chi connectivity index (χ0n) is 11.3. The molecular weight excluding hydrogens is 283 g/mol. The summed E-state index contributed by atoms with van der Waals surface area (Å²) in [6, 6.07) is 3.37. The van der Waals surface area contributed by atoms with E-state index in [9.17, 15) is 17.6 Å². The number of hydrogen-bond donors (Lipinski definition) is 2. The first-order chi connectivity index (χ1) is 9.29. The van der Waals surface area contributed by atoms with Crippen molar-refractivity contribution < 1.29 is 17.6 Å². The van der Waals surface area contributed by atoms with Crippen LogP contribution in [0.15, 0.2) is 23.1 Å². The lowest BCUT2D eigenvalue weighted by Crippen LogP contribution is -2.28. The predicted molar refractivity (Wildman–Crippen MR) is 73.7 cm³/mol. The molecular formula is C13H17FN2O3S. The first-order valence-corrected chi connectivity index (χ1v) is 8.19. The molecule has 1 aromatic rings. The van der Waals surface area contributed by atoms with Gasteiger partial charge in [-0.3, -0.25) is 4.79 Å². The number of amides is 1. The summed E-state index contributed by atoms with van der Waals surface area (Å²) in [6.07, 6.45) is 1.04. The number of benzene rings is 1. The summed E-state index contributed by atoms with van der Waals surface area (Å²) < 4.78 is 36.6. The number of carbonyl (C=O) groups excluding carboxylic acids is 1. The van der Waals surface area contributed by atoms with Crippen LogP contribution in [-0.2, 0) is 14.6 Å². The van der Waals surface area contributed by atoms with Crippen molar-refractivity contribution >= 4 is 21.4 Å². The molecule has 2 N–H and O–H groups in total. The Morgan fingerprint density at radius 2 is 2.10 bits per heavy atom. The molecule has 1 saturated heterocycles. The van der Waals surface area contributed by atoms with E-state index in [1.807, 2.05) is 6.92 Å². The molecule has 1 fully saturated rings. The van der Waals surface area contributed by atoms with Crippen LogP contribution in [0.5, 0.6) is 0 Å². The molecule has 1 heterocycles. The van der Waals surface area contributed by atoms with E-state index in [-0.39, 0.29) is 28.3 Å². The highest BCUT2D eigenvalue weighted by molar-refractivity contribution is 7.90. The molecule has 110 valence electrons. The molecule has 2 rings (SSSR count). The number of rotatable bonds is 3. The van der Waals surface area contributed by atoms with E-state index in [2.05, 4.69) is 10.6 Å². The number of nitrogens with one attached hydrogen (secondary N) is 2. The summed E-state index contributed by atoms with van der Waals surface area (Å²) in [5, 5.41) is 5.57. The molecule has 1 aromatic carbocycles. The van der Waals surface area contributed by atoms with E-state index in [1.165, 1.54) is 6.07 Å². The minimum atomic E-state index is -3.44. The van der Waals surface area contributed by atoms with Gasteiger partial charge in [-0.05, 0) is 30.7 Å². The van der Waals surface area contributed by atoms with E-state index < -0.39 is 15.7 Å². The van der Waals surface area contributed by atoms with Crippen LogP contribution >= 0.6 is 0 Å². The van der Waals surface area contributed by atoms with Crippen LogP contribution in [0, 0.1) is 17.7 Å². The van der Waals surface area contributed by atoms with Gasteiger partial charge < -0.3 is 10.6 Å². The van der Waals surface area contributed by atoms with Crippen LogP contribution in [0.1, 0.15) is 6.92 Å². The second-order valence-corrected chi connectivity index (χ2v) is 7.16. The molecule has 1 amide bonds. The van der Waals surface area contributed by atoms with E-state index in [4.69, 9.17) is 0 Å². The molecule has 7 heteroatoms. The number of halogens is 1. The van der Waals surface area contributed by atoms with Crippen molar-refractivity contribution in [3.05, 3.63) is 24.0 Å². The molecule has 0 bridgehead atoms. The van der Waals surface area contributed by atoms with Gasteiger partial charge in [0, 0.05) is 12.8 Å². The molecule has 1 aliphatic heterocycles. The first-order valence-electron chi connectivity index (χ1n) is 6.30. The summed E-state index contributed by atoms with van der Waals surface area (Å²) in [5.41, 5.74) is -0.1000. The smallest absolute Gasteiger partial charge is 0.229 e. The lowest BCUT2D eigenvalue weighted by Gasteiger charge is -2.15. The summed E-state index contributed by atoms with van der Waals surface area (Å²) in [7, 11) is -3.44. The Kier molecular flexibility index (Phi) is 4.10. The van der Waals surface area contributed by atoms with E-state index >= 15 is 0 Å². The Balaban J connectivity index is 2.22. The van der Waals surface area contributed by atoms with Gasteiger partial charge in [-0.25, -0.2) is 12.8 Å². The van der Waals surface area contributed by atoms with Gasteiger partial charge in [-0.2, -0.15) is 0 Å². The highest BCUT2D eigenvalue weighted by Crippen LogP contribution is 2.22. The van der Waals surface area contributed by atoms with Crippen LogP contribution in [0.4, 0.5) is 10.1 Å². The highest BCUT2D eigenvalue weighted by atomic mass is 32.2. The van der Waals surface area contributed by atoms with Gasteiger partial charge in [-0.1, -0.05) is 6.92 Å². The summed E-state index contributed by atoms with van der Waals surface area (Å²) in [6.45, 7) is 3.22. The average Bonchev–Trinajstić information content (AvgIpc) is 2.77. The Bertz CT molecular complexity index is 631. The van der Waals surface area contributed by atoms with Gasteiger partial charge in [0.05, 0.1) is 16.5 Å². The number of carbonyl (C=O) groups is 1. The van der Waals surface area contributed by atoms with Crippen LogP contribution in [-0.4, -0.2) is 33.7 Å². The minimum Gasteiger partial charge on any atom is -0.323 e. The quantitative estimate of drug-likeness (QED) is 0.817. The zero-order valence-corrected chi connectivity index (χ0v) is 12.1. The van der Waals surface area contributed by atoms with Crippen molar-refractivity contribution in [3.63, 3.8) is 0 Å². The number of anilines is 1. The van der Waals surface area contributed by atoms with E-state index in [0.29, 0.717) is 6.54 Å². The second kappa shape index (κ2) is 5.49. The monoisotopic (exact) mass is 300 g/mol. The molecule has 0 unspecified atom stereocenters. The third-order valence-corrected chi connectivity index (χ3v) is 4.59. The van der Waals surface area contributed by atoms with Gasteiger partial charge in [0.2, 0.25) is 5.91 Å². The number of hydrogen-bond acceptors (Lipinski definition) is 4. The molecule has 20 heavy (non-hydrogen) atoms. The van der Waals surface area contributed by atoms with E-state index in [1.54, 1.807) is 0 Å². The van der Waals surface area contributed by atoms with Crippen molar-refractivity contribution in [3.8, 4) is 0 Å². The van der Waals surface area contributed by atoms with Crippen LogP contribution in [0.3, 0.4) is 0 Å². The fourth-order valence-corrected chi connectivity index (χ4v) is 2.86. The molecule has 0 saturated carbocycles. The Labute approximate surface area is 117 Å². The molecule has 0 aliphatic carbocycles. The third kappa shape index (κ3) is 3.16. The van der Waals surface area contributed by atoms with Gasteiger partial charge in [0.1, 0.15) is 5.82 Å². The number of sulfone groups is 1. The normalized spacial score (nSPS) is 22.8. The summed E-state index contributed by atoms with van der Waals surface area (Å²) in [5.74, 6) is -1.02. The minimum absolute atomic E-state index is 0.0215. The van der Waals surface area contributed by atoms with Gasteiger partial charge in [0.15, 0.2) is 9.84 Å². The van der Waals surface area contributed by atoms with Crippen molar-refractivity contribution in [2.24, 2.45) is 11.8 Å². The average molecular weight is 300 g/mol. The van der Waals surface area contributed by atoms with Crippen LogP contribution in [0.2, 0.25) is 0 Å². The van der Waals surface area contributed by atoms with Gasteiger partial charge in [0.25, 0.3) is 0 Å². The van der Waals surface area contributed by atoms with Crippen LogP contribution in [0.25, 0.3) is 0 Å². The predicted octanol–water partition coefficient (Wildman–Crippen LogP) is 1.02. The Morgan fingerprint density at radius 1 is 1.40 bits per heavy atom. The molecule has 2 atom stereocenters. The molecule has 0 radical (unpaired) electrons. The topological polar surface area (TPSA) is 75.3 Å². The van der Waals surface area contributed by atoms with Crippen molar-refractivity contribution in [1.82, 2.24) is 5.32 Å². The maximum absolute atomic E-state index is 13.7. The maximum atomic E-state index is 13.7. The summed E-state index contributed by atoms with van der Waals surface area (Å²) in [4.78, 5) is 12.0. The lowest BCUT2D eigenvalue weighted by atomic mass is 9.97. The molecule has 5 nitrogen and oxygen atoms in total. The van der Waals surface area contributed by atoms with E-state index in [0.717, 1.165) is 24.9 Å². The first kappa shape index (κ1) is 14.9. The van der Waals surface area contributed by atoms with Gasteiger partial charge >= 0.3 is 0 Å². The van der Waals surface area contributed by atoms with Crippen molar-refractivity contribution in [2.75, 3.05) is 24.7 Å². The summed E-state index contributed by atoms with van der Waals surface area (Å²) >= 11 is 0. The largest absolute Gasteiger partial charge is 0.323 e. The standard InChI is InChI=1S/C13H17FN2O3S/c1-8-6-15-7-10(8)13(17)16-12-5-9(20(2,18)19)3-4-11(12)14/h3-5,8,10,15H,6-7H2,1-2H3,(H,16,17)/t8-,10-/m1/s1. The van der Waals surface area contributed by atoms with Crippen molar-refractivity contribution in [1.29, 1.82) is 0 Å². The second-order valence-electron chi connectivity index (χ2n) is 5.15. The lowest BCUT2D eigenvalue weighted by molar-refractivity contribution is -0.120. The third-order valence-electron chi connectivity index (χ3n) is 3.48. The fourth-order valence-electron chi connectivity index (χ4n) is 2.22. The van der Waals surface area contributed by atoms with Crippen LogP contribution < -0.4 is 10.6 Å². The van der Waals surface area contributed by atoms with Gasteiger partial charge in [-0.15, -0.1) is 0 Å². The zero-order chi connectivity index (χ0) is 14.9. The maximum Gasteiger partial charge on any atom is 0.229 e. The molecule has 0 aromatic heterocycles. The molecule has 1 aliphatic rings. The SMILES string of the molecule is C[C@@H]1CNC[C@H]1C(=O)Nc1cc(S(C)(=O)=O)ccc1F. The highest BCUT2D eigenvalue weighted by Gasteiger charge is 2.30. The molecule has 0 spiro atoms. The van der Waals surface area contributed by atoms with Crippen molar-refractivity contribution in [2.45, 2.75) is 11.8 Å². The fraction of sp³-hybridized carbons (Fsp3) is 0.462. The Hall–Kier alpha value is -1.47. The Morgan fingerprint density at radius 3 is 2.65 bits per heavy atom.